The van der Waals surface area contributed by atoms with Crippen LogP contribution in [0.1, 0.15) is 22.6 Å². The van der Waals surface area contributed by atoms with E-state index < -0.39 is 11.2 Å². The van der Waals surface area contributed by atoms with Crippen LogP contribution in [0.2, 0.25) is 0 Å². The molecule has 3 heterocycles. The number of benzene rings is 2. The molecule has 1 saturated carbocycles. The predicted octanol–water partition coefficient (Wildman–Crippen LogP) is 3.60. The van der Waals surface area contributed by atoms with Gasteiger partial charge < -0.3 is 29.5 Å². The molecule has 2 N–H and O–H groups in total. The first-order valence-electron chi connectivity index (χ1n) is 13.2. The molecule has 1 aromatic heterocycles. The van der Waals surface area contributed by atoms with Crippen LogP contribution >= 0.6 is 15.9 Å². The van der Waals surface area contributed by atoms with Crippen LogP contribution in [0.5, 0.6) is 11.5 Å². The number of methoxy groups -OCH3 is 1. The molecule has 0 bridgehead atoms. The summed E-state index contributed by atoms with van der Waals surface area (Å²) in [6.07, 6.45) is 3.33. The van der Waals surface area contributed by atoms with Crippen molar-refractivity contribution >= 4 is 15.9 Å². The minimum absolute atomic E-state index is 0.0787. The molecule has 2 aromatic carbocycles. The summed E-state index contributed by atoms with van der Waals surface area (Å²) in [4.78, 5) is 9.11. The third-order valence-electron chi connectivity index (χ3n) is 8.93. The van der Waals surface area contributed by atoms with E-state index in [1.165, 1.54) is 0 Å². The number of hydrogen-bond donors (Lipinski definition) is 2. The Morgan fingerprint density at radius 3 is 2.42 bits per heavy atom. The van der Waals surface area contributed by atoms with E-state index >= 15 is 0 Å². The monoisotopic (exact) mass is 579 g/mol. The molecule has 200 valence electrons. The van der Waals surface area contributed by atoms with Crippen LogP contribution in [0.3, 0.4) is 0 Å². The summed E-state index contributed by atoms with van der Waals surface area (Å²) in [6.45, 7) is 4.30. The molecule has 0 radical (unpaired) electrons. The molecule has 2 aliphatic heterocycles. The molecule has 38 heavy (non-hydrogen) atoms. The average Bonchev–Trinajstić information content (AvgIpc) is 3.33. The van der Waals surface area contributed by atoms with Crippen molar-refractivity contribution in [1.29, 1.82) is 0 Å². The van der Waals surface area contributed by atoms with Gasteiger partial charge in [0.15, 0.2) is 5.60 Å². The van der Waals surface area contributed by atoms with Crippen molar-refractivity contribution < 1.29 is 19.7 Å². The van der Waals surface area contributed by atoms with E-state index in [4.69, 9.17) is 9.47 Å². The summed E-state index contributed by atoms with van der Waals surface area (Å²) in [5, 5.41) is 24.4. The topological polar surface area (TPSA) is 78.3 Å². The smallest absolute Gasteiger partial charge is 0.174 e. The highest BCUT2D eigenvalue weighted by Crippen LogP contribution is 2.71. The molecule has 5 unspecified atom stereocenters. The van der Waals surface area contributed by atoms with E-state index in [1.54, 1.807) is 19.5 Å². The van der Waals surface area contributed by atoms with Crippen molar-refractivity contribution in [3.63, 3.8) is 0 Å². The molecular weight excluding hydrogens is 546 g/mol. The fraction of sp³-hybridized carbons (Fsp3) is 0.433. The second kappa shape index (κ2) is 9.92. The van der Waals surface area contributed by atoms with Crippen LogP contribution in [0.25, 0.3) is 0 Å². The lowest BCUT2D eigenvalue weighted by Crippen LogP contribution is -2.54. The number of aliphatic hydroxyl groups excluding tert-OH is 1. The Morgan fingerprint density at radius 2 is 1.76 bits per heavy atom. The van der Waals surface area contributed by atoms with Gasteiger partial charge in [-0.2, -0.15) is 0 Å². The Kier molecular flexibility index (Phi) is 6.73. The summed E-state index contributed by atoms with van der Waals surface area (Å²) in [5.74, 6) is 0.0988. The highest BCUT2D eigenvalue weighted by Gasteiger charge is 2.76. The van der Waals surface area contributed by atoms with Crippen molar-refractivity contribution in [2.75, 3.05) is 53.5 Å². The molecule has 1 aliphatic carbocycles. The molecule has 8 heteroatoms. The normalized spacial score (nSPS) is 31.0. The predicted molar refractivity (Wildman–Crippen MR) is 148 cm³/mol. The molecule has 6 rings (SSSR count). The lowest BCUT2D eigenvalue weighted by atomic mass is 9.70. The quantitative estimate of drug-likeness (QED) is 0.462. The van der Waals surface area contributed by atoms with Crippen molar-refractivity contribution in [3.8, 4) is 11.5 Å². The lowest BCUT2D eigenvalue weighted by Gasteiger charge is -2.43. The summed E-state index contributed by atoms with van der Waals surface area (Å²) >= 11 is 3.57. The van der Waals surface area contributed by atoms with Gasteiger partial charge in [0.25, 0.3) is 0 Å². The molecule has 3 aromatic rings. The molecule has 1 saturated heterocycles. The Hall–Kier alpha value is -2.49. The average molecular weight is 581 g/mol. The van der Waals surface area contributed by atoms with Gasteiger partial charge in [0.1, 0.15) is 17.1 Å². The maximum absolute atomic E-state index is 13.4. The number of pyridine rings is 1. The third kappa shape index (κ3) is 3.72. The van der Waals surface area contributed by atoms with Crippen molar-refractivity contribution in [1.82, 2.24) is 14.8 Å². The van der Waals surface area contributed by atoms with Crippen LogP contribution in [0.15, 0.2) is 71.5 Å². The first kappa shape index (κ1) is 25.8. The summed E-state index contributed by atoms with van der Waals surface area (Å²) in [6, 6.07) is 18.2. The zero-order valence-corrected chi connectivity index (χ0v) is 23.3. The molecule has 0 amide bonds. The van der Waals surface area contributed by atoms with Gasteiger partial charge in [0.2, 0.25) is 0 Å². The van der Waals surface area contributed by atoms with E-state index in [-0.39, 0.29) is 24.4 Å². The number of halogens is 1. The van der Waals surface area contributed by atoms with Gasteiger partial charge in [-0.15, -0.1) is 0 Å². The number of aromatic nitrogens is 1. The van der Waals surface area contributed by atoms with Crippen LogP contribution in [-0.4, -0.2) is 78.5 Å². The SMILES string of the molecule is COc1cncc2c1C1(O)C(CN3CCN(C)CC3)C(CO)C(c3ccccc3)C1(c1ccc(Br)cc1)O2. The summed E-state index contributed by atoms with van der Waals surface area (Å²) < 4.78 is 13.7. The first-order valence-corrected chi connectivity index (χ1v) is 14.0. The van der Waals surface area contributed by atoms with Gasteiger partial charge in [-0.1, -0.05) is 58.4 Å². The van der Waals surface area contributed by atoms with Crippen LogP contribution < -0.4 is 9.47 Å². The first-order chi connectivity index (χ1) is 18.4. The van der Waals surface area contributed by atoms with E-state index in [1.807, 2.05) is 42.5 Å². The number of nitrogens with zero attached hydrogens (tertiary/aromatic N) is 3. The molecule has 2 fully saturated rings. The fourth-order valence-corrected chi connectivity index (χ4v) is 7.44. The minimum atomic E-state index is -1.48. The standard InChI is InChI=1S/C30H34BrN3O4/c1-33-12-14-34(15-13-33)18-24-23(19-35)27(20-6-4-3-5-7-20)30(21-8-10-22(31)11-9-21)29(24,36)28-25(37-2)16-32-17-26(28)38-30/h3-11,16-17,23-24,27,35-36H,12-15,18-19H2,1-2H3. The number of fused-ring (bicyclic) bond motifs is 3. The van der Waals surface area contributed by atoms with Gasteiger partial charge in [-0.05, 0) is 30.3 Å². The maximum Gasteiger partial charge on any atom is 0.174 e. The van der Waals surface area contributed by atoms with Gasteiger partial charge in [-0.3, -0.25) is 4.98 Å². The highest BCUT2D eigenvalue weighted by atomic mass is 79.9. The second-order valence-electron chi connectivity index (χ2n) is 10.8. The summed E-state index contributed by atoms with van der Waals surface area (Å²) in [5.41, 5.74) is -0.183. The van der Waals surface area contributed by atoms with Gasteiger partial charge >= 0.3 is 0 Å². The zero-order chi connectivity index (χ0) is 26.5. The molecule has 0 spiro atoms. The van der Waals surface area contributed by atoms with Crippen molar-refractivity contribution in [2.45, 2.75) is 17.1 Å². The largest absolute Gasteiger partial charge is 0.495 e. The molecular formula is C30H34BrN3O4. The third-order valence-corrected chi connectivity index (χ3v) is 9.46. The number of hydrogen-bond acceptors (Lipinski definition) is 7. The number of aliphatic hydroxyl groups is 2. The van der Waals surface area contributed by atoms with E-state index in [2.05, 4.69) is 49.9 Å². The Labute approximate surface area is 232 Å². The number of likely N-dealkylation sites (N-methyl/N-ethyl adjacent to an activating group) is 1. The van der Waals surface area contributed by atoms with Crippen LogP contribution in [-0.2, 0) is 11.2 Å². The van der Waals surface area contributed by atoms with Gasteiger partial charge in [0, 0.05) is 61.6 Å². The van der Waals surface area contributed by atoms with Crippen LogP contribution in [0.4, 0.5) is 0 Å². The Bertz CT molecular complexity index is 1280. The molecule has 7 nitrogen and oxygen atoms in total. The fourth-order valence-electron chi connectivity index (χ4n) is 7.18. The molecule has 5 atom stereocenters. The van der Waals surface area contributed by atoms with Gasteiger partial charge in [0.05, 0.1) is 25.1 Å². The lowest BCUT2D eigenvalue weighted by molar-refractivity contribution is -0.133. The number of rotatable bonds is 6. The van der Waals surface area contributed by atoms with Crippen molar-refractivity contribution in [2.24, 2.45) is 11.8 Å². The zero-order valence-electron chi connectivity index (χ0n) is 21.8. The summed E-state index contributed by atoms with van der Waals surface area (Å²) in [7, 11) is 3.74. The van der Waals surface area contributed by atoms with Crippen LogP contribution in [0, 0.1) is 11.8 Å². The second-order valence-corrected chi connectivity index (χ2v) is 11.7. The molecule has 3 aliphatic rings. The van der Waals surface area contributed by atoms with E-state index in [9.17, 15) is 10.2 Å². The highest BCUT2D eigenvalue weighted by molar-refractivity contribution is 9.10. The van der Waals surface area contributed by atoms with E-state index in [0.717, 1.165) is 41.8 Å². The minimum Gasteiger partial charge on any atom is -0.495 e. The maximum atomic E-state index is 13.4. The number of piperazine rings is 1. The Balaban J connectivity index is 1.62. The van der Waals surface area contributed by atoms with Crippen molar-refractivity contribution in [3.05, 3.63) is 88.2 Å². The number of ether oxygens (including phenoxy) is 2. The van der Waals surface area contributed by atoms with Gasteiger partial charge in [-0.25, -0.2) is 0 Å². The Morgan fingerprint density at radius 1 is 1.05 bits per heavy atom. The van der Waals surface area contributed by atoms with E-state index in [0.29, 0.717) is 23.6 Å².